The Morgan fingerprint density at radius 1 is 0.859 bits per heavy atom. The second-order valence-corrected chi connectivity index (χ2v) is 26.2. The number of piperazine rings is 2. The van der Waals surface area contributed by atoms with Crippen molar-refractivity contribution in [3.63, 3.8) is 0 Å². The second kappa shape index (κ2) is 22.7. The van der Waals surface area contributed by atoms with Gasteiger partial charge in [0.2, 0.25) is 0 Å². The lowest BCUT2D eigenvalue weighted by molar-refractivity contribution is -0.0436. The van der Waals surface area contributed by atoms with Crippen LogP contribution in [0.1, 0.15) is 75.7 Å². The molecule has 1 aliphatic carbocycles. The number of allylic oxidation sites excluding steroid dienone is 1. The van der Waals surface area contributed by atoms with Crippen LogP contribution in [0, 0.1) is 5.41 Å². The molecule has 0 spiro atoms. The number of carbonyl (C=O) groups excluding carboxylic acids is 2. The van der Waals surface area contributed by atoms with Gasteiger partial charge in [0.05, 0.1) is 22.3 Å². The predicted octanol–water partition coefficient (Wildman–Crippen LogP) is 9.25. The summed E-state index contributed by atoms with van der Waals surface area (Å²) in [6.45, 7) is 16.2. The summed E-state index contributed by atoms with van der Waals surface area (Å²) in [5.74, 6) is -0.955. The minimum absolute atomic E-state index is 0.00301. The lowest BCUT2D eigenvalue weighted by Gasteiger charge is -2.44. The van der Waals surface area contributed by atoms with Gasteiger partial charge in [-0.3, -0.25) is 14.6 Å². The first-order valence-electron chi connectivity index (χ1n) is 26.2. The molecule has 17 nitrogen and oxygen atoms in total. The molecular weight excluding hydrogens is 1070 g/mol. The SMILES string of the molecule is CN1CCC(Nc2ccc(S(=O)(=O)NC(=O)c3ccc(N4CCN(CC5=C(c6ccc(Cl)cc6)CC[C@@](C)(CN6CCN(C(=O)OC(C)(C)C)CC6)C5)CC4)cc3Oc3cnc4[nH]ccc4c3)cc2S(=O)(=O)C(F)(F)F)CC1. The number of sulfonamides is 1. The summed E-state index contributed by atoms with van der Waals surface area (Å²) in [5, 5.41) is 4.26. The van der Waals surface area contributed by atoms with Crippen molar-refractivity contribution in [2.75, 3.05) is 95.8 Å². The van der Waals surface area contributed by atoms with Crippen LogP contribution in [0.2, 0.25) is 5.02 Å². The van der Waals surface area contributed by atoms with E-state index in [0.29, 0.717) is 93.0 Å². The smallest absolute Gasteiger partial charge is 0.455 e. The molecular formula is C55H67ClF3N9O8S2. The normalized spacial score (nSPS) is 20.0. The number of ether oxygens (including phenoxy) is 2. The van der Waals surface area contributed by atoms with Gasteiger partial charge in [0.1, 0.15) is 27.6 Å². The molecule has 0 unspecified atom stereocenters. The number of hydrogen-bond donors (Lipinski definition) is 3. The van der Waals surface area contributed by atoms with Crippen LogP contribution in [0.25, 0.3) is 16.6 Å². The van der Waals surface area contributed by atoms with Gasteiger partial charge in [-0.25, -0.2) is 31.3 Å². The second-order valence-electron chi connectivity index (χ2n) is 22.2. The van der Waals surface area contributed by atoms with Crippen LogP contribution in [0.5, 0.6) is 11.5 Å². The van der Waals surface area contributed by atoms with Gasteiger partial charge in [-0.05, 0) is 144 Å². The van der Waals surface area contributed by atoms with Gasteiger partial charge < -0.3 is 34.5 Å². The molecule has 2 amide bonds. The van der Waals surface area contributed by atoms with Crippen LogP contribution in [-0.4, -0.2) is 161 Å². The van der Waals surface area contributed by atoms with Crippen LogP contribution >= 0.6 is 11.6 Å². The Balaban J connectivity index is 0.922. The van der Waals surface area contributed by atoms with Gasteiger partial charge in [-0.1, -0.05) is 36.2 Å². The van der Waals surface area contributed by atoms with Gasteiger partial charge >= 0.3 is 11.6 Å². The Hall–Kier alpha value is -5.91. The van der Waals surface area contributed by atoms with E-state index in [1.807, 2.05) is 49.6 Å². The Morgan fingerprint density at radius 3 is 2.23 bits per heavy atom. The highest BCUT2D eigenvalue weighted by atomic mass is 35.5. The first-order valence-corrected chi connectivity index (χ1v) is 29.5. The molecule has 4 aliphatic rings. The Bertz CT molecular complexity index is 3280. The van der Waals surface area contributed by atoms with Gasteiger partial charge in [0.15, 0.2) is 0 Å². The van der Waals surface area contributed by atoms with Gasteiger partial charge in [0, 0.05) is 99.8 Å². The molecule has 0 saturated carbocycles. The molecule has 2 aromatic heterocycles. The van der Waals surface area contributed by atoms with Crippen molar-refractivity contribution in [2.45, 2.75) is 86.7 Å². The first-order chi connectivity index (χ1) is 36.8. The number of halogens is 4. The third-order valence-electron chi connectivity index (χ3n) is 15.0. The van der Waals surface area contributed by atoms with Crippen molar-refractivity contribution in [1.82, 2.24) is 34.3 Å². The molecule has 420 valence electrons. The van der Waals surface area contributed by atoms with E-state index in [-0.39, 0.29) is 34.6 Å². The fraction of sp³-hybridized carbons (Fsp3) is 0.473. The lowest BCUT2D eigenvalue weighted by Crippen LogP contribution is -2.52. The number of nitrogens with one attached hydrogen (secondary N) is 3. The number of benzene rings is 3. The fourth-order valence-electron chi connectivity index (χ4n) is 10.8. The number of anilines is 2. The number of alkyl halides is 3. The number of aromatic amines is 1. The Labute approximate surface area is 459 Å². The molecule has 0 bridgehead atoms. The minimum atomic E-state index is -6.05. The van der Waals surface area contributed by atoms with E-state index in [9.17, 15) is 39.6 Å². The molecule has 23 heteroatoms. The summed E-state index contributed by atoms with van der Waals surface area (Å²) in [5.41, 5.74) is -1.79. The maximum absolute atomic E-state index is 14.2. The van der Waals surface area contributed by atoms with Crippen LogP contribution < -0.4 is 19.7 Å². The third kappa shape index (κ3) is 13.4. The number of nitrogens with zero attached hydrogens (tertiary/aromatic N) is 6. The molecule has 5 aromatic rings. The van der Waals surface area contributed by atoms with E-state index >= 15 is 0 Å². The number of piperidine rings is 1. The first kappa shape index (κ1) is 56.8. The monoisotopic (exact) mass is 1140 g/mol. The van der Waals surface area contributed by atoms with E-state index in [2.05, 4.69) is 49.0 Å². The molecule has 3 fully saturated rings. The highest BCUT2D eigenvalue weighted by Crippen LogP contribution is 2.44. The number of likely N-dealkylation sites (tertiary alicyclic amines) is 1. The summed E-state index contributed by atoms with van der Waals surface area (Å²) in [6.07, 6.45) is 6.71. The molecule has 78 heavy (non-hydrogen) atoms. The number of H-pyrrole nitrogens is 1. The van der Waals surface area contributed by atoms with E-state index < -0.39 is 52.4 Å². The van der Waals surface area contributed by atoms with Gasteiger partial charge in [-0.2, -0.15) is 13.2 Å². The number of hydrogen-bond acceptors (Lipinski definition) is 14. The standard InChI is InChI=1S/C55H67ClF3N9O8S2/c1-53(2,3)76-52(70)68-28-24-66(25-29-68)36-54(4)18-14-45(37-6-8-40(56)9-7-37)39(33-54)35-65-22-26-67(27-23-65)42-10-12-46(48(31-42)75-43-30-38-15-19-60-50(38)61-34-43)51(69)63-78(73,74)44-11-13-47(62-41-16-20-64(5)21-17-41)49(32-44)77(71,72)55(57,58)59/h6-13,15,19,30-32,34,41,62H,14,16-18,20-29,33,35-36H2,1-5H3,(H,60,61)(H,63,69)/t54-/m1/s1. The van der Waals surface area contributed by atoms with E-state index in [1.54, 1.807) is 35.4 Å². The molecule has 3 aliphatic heterocycles. The molecule has 1 atom stereocenters. The Morgan fingerprint density at radius 2 is 1.55 bits per heavy atom. The number of aromatic nitrogens is 2. The quantitative estimate of drug-likeness (QED) is 0.0954. The number of pyridine rings is 1. The maximum Gasteiger partial charge on any atom is 0.501 e. The summed E-state index contributed by atoms with van der Waals surface area (Å²) < 4.78 is 110. The van der Waals surface area contributed by atoms with Crippen LogP contribution in [0.15, 0.2) is 101 Å². The van der Waals surface area contributed by atoms with Crippen molar-refractivity contribution >= 4 is 71.4 Å². The van der Waals surface area contributed by atoms with E-state index in [1.165, 1.54) is 23.4 Å². The molecule has 9 rings (SSSR count). The van der Waals surface area contributed by atoms with Gasteiger partial charge in [0.25, 0.3) is 25.8 Å². The highest BCUT2D eigenvalue weighted by Gasteiger charge is 2.49. The largest absolute Gasteiger partial charge is 0.501 e. The fourth-order valence-corrected chi connectivity index (χ4v) is 13.0. The van der Waals surface area contributed by atoms with Crippen molar-refractivity contribution in [3.8, 4) is 11.5 Å². The number of fused-ring (bicyclic) bond motifs is 1. The van der Waals surface area contributed by atoms with Crippen molar-refractivity contribution < 1.29 is 49.1 Å². The zero-order chi connectivity index (χ0) is 55.8. The number of amides is 2. The molecule has 5 heterocycles. The average molecular weight is 1140 g/mol. The number of carbonyl (C=O) groups is 2. The topological polar surface area (TPSA) is 190 Å². The van der Waals surface area contributed by atoms with Crippen LogP contribution in [0.3, 0.4) is 0 Å². The van der Waals surface area contributed by atoms with Crippen LogP contribution in [-0.2, 0) is 24.6 Å². The Kier molecular flexibility index (Phi) is 16.5. The molecule has 3 aromatic carbocycles. The molecule has 0 radical (unpaired) electrons. The highest BCUT2D eigenvalue weighted by molar-refractivity contribution is 7.92. The zero-order valence-corrected chi connectivity index (χ0v) is 46.8. The maximum atomic E-state index is 14.2. The summed E-state index contributed by atoms with van der Waals surface area (Å²) in [6, 6.07) is 18.2. The van der Waals surface area contributed by atoms with E-state index in [0.717, 1.165) is 63.1 Å². The number of rotatable bonds is 14. The van der Waals surface area contributed by atoms with Crippen molar-refractivity contribution in [1.29, 1.82) is 0 Å². The molecule has 3 N–H and O–H groups in total. The zero-order valence-electron chi connectivity index (χ0n) is 44.5. The lowest BCUT2D eigenvalue weighted by atomic mass is 9.71. The average Bonchev–Trinajstić information content (AvgIpc) is 3.88. The van der Waals surface area contributed by atoms with Crippen LogP contribution in [0.4, 0.5) is 29.3 Å². The third-order valence-corrected chi connectivity index (χ3v) is 18.1. The van der Waals surface area contributed by atoms with Crippen molar-refractivity contribution in [2.24, 2.45) is 5.41 Å². The summed E-state index contributed by atoms with van der Waals surface area (Å²) in [4.78, 5) is 43.1. The van der Waals surface area contributed by atoms with E-state index in [4.69, 9.17) is 21.1 Å². The number of sulfone groups is 1. The minimum Gasteiger partial charge on any atom is -0.455 e. The summed E-state index contributed by atoms with van der Waals surface area (Å²) >= 11 is 6.35. The molecule has 3 saturated heterocycles. The van der Waals surface area contributed by atoms with Gasteiger partial charge in [-0.15, -0.1) is 0 Å². The predicted molar refractivity (Wildman–Crippen MR) is 294 cm³/mol. The summed E-state index contributed by atoms with van der Waals surface area (Å²) in [7, 11) is -9.14. The van der Waals surface area contributed by atoms with Crippen molar-refractivity contribution in [3.05, 3.63) is 107 Å².